The first-order valence-corrected chi connectivity index (χ1v) is 9.56. The van der Waals surface area contributed by atoms with Crippen LogP contribution >= 0.6 is 11.3 Å². The van der Waals surface area contributed by atoms with Gasteiger partial charge >= 0.3 is 0 Å². The number of aromatic nitrogens is 2. The standard InChI is InChI=1S/C21H17FN4OS/c22-17-9-5-4-8-15(17)11-23-19(27)12-24-20-16-10-18(14-6-2-1-3-7-14)28-21(16)26-13-25-20/h1-10,13H,11-12H2,(H,23,27)(H,24,25,26). The number of anilines is 1. The molecule has 5 nitrogen and oxygen atoms in total. The third kappa shape index (κ3) is 3.99. The first-order valence-electron chi connectivity index (χ1n) is 8.74. The van der Waals surface area contributed by atoms with Gasteiger partial charge in [0.1, 0.15) is 22.8 Å². The Bertz CT molecular complexity index is 1110. The third-order valence-corrected chi connectivity index (χ3v) is 5.33. The molecule has 28 heavy (non-hydrogen) atoms. The monoisotopic (exact) mass is 392 g/mol. The Morgan fingerprint density at radius 2 is 1.82 bits per heavy atom. The molecule has 7 heteroatoms. The Labute approximate surface area is 165 Å². The van der Waals surface area contributed by atoms with Crippen LogP contribution in [0.15, 0.2) is 67.0 Å². The van der Waals surface area contributed by atoms with Gasteiger partial charge in [-0.3, -0.25) is 4.79 Å². The fraction of sp³-hybridized carbons (Fsp3) is 0.0952. The molecule has 0 aliphatic heterocycles. The summed E-state index contributed by atoms with van der Waals surface area (Å²) in [6, 6.07) is 18.4. The number of benzene rings is 2. The highest BCUT2D eigenvalue weighted by Crippen LogP contribution is 2.34. The summed E-state index contributed by atoms with van der Waals surface area (Å²) in [5.74, 6) is 0.0259. The van der Waals surface area contributed by atoms with Crippen molar-refractivity contribution in [1.29, 1.82) is 0 Å². The molecule has 0 aliphatic carbocycles. The lowest BCUT2D eigenvalue weighted by atomic mass is 10.2. The van der Waals surface area contributed by atoms with Gasteiger partial charge in [0.05, 0.1) is 11.9 Å². The SMILES string of the molecule is O=C(CNc1ncnc2sc(-c3ccccc3)cc12)NCc1ccccc1F. The highest BCUT2D eigenvalue weighted by Gasteiger charge is 2.11. The lowest BCUT2D eigenvalue weighted by Gasteiger charge is -2.08. The average molecular weight is 392 g/mol. The maximum atomic E-state index is 13.6. The molecule has 0 bridgehead atoms. The quantitative estimate of drug-likeness (QED) is 0.515. The topological polar surface area (TPSA) is 66.9 Å². The van der Waals surface area contributed by atoms with Crippen LogP contribution in [0.3, 0.4) is 0 Å². The molecule has 2 heterocycles. The zero-order chi connectivity index (χ0) is 19.3. The lowest BCUT2D eigenvalue weighted by molar-refractivity contribution is -0.119. The van der Waals surface area contributed by atoms with Crippen molar-refractivity contribution < 1.29 is 9.18 Å². The van der Waals surface area contributed by atoms with E-state index in [1.165, 1.54) is 12.4 Å². The van der Waals surface area contributed by atoms with Gasteiger partial charge in [-0.15, -0.1) is 11.3 Å². The van der Waals surface area contributed by atoms with Crippen LogP contribution in [0.2, 0.25) is 0 Å². The number of fused-ring (bicyclic) bond motifs is 1. The van der Waals surface area contributed by atoms with E-state index in [9.17, 15) is 9.18 Å². The van der Waals surface area contributed by atoms with Crippen molar-refractivity contribution >= 4 is 33.3 Å². The number of hydrogen-bond donors (Lipinski definition) is 2. The summed E-state index contributed by atoms with van der Waals surface area (Å²) in [7, 11) is 0. The summed E-state index contributed by atoms with van der Waals surface area (Å²) < 4.78 is 13.6. The van der Waals surface area contributed by atoms with Gasteiger partial charge in [-0.05, 0) is 17.7 Å². The maximum Gasteiger partial charge on any atom is 0.239 e. The van der Waals surface area contributed by atoms with E-state index >= 15 is 0 Å². The molecule has 0 unspecified atom stereocenters. The molecule has 0 saturated heterocycles. The number of hydrogen-bond acceptors (Lipinski definition) is 5. The number of nitrogens with one attached hydrogen (secondary N) is 2. The van der Waals surface area contributed by atoms with Gasteiger partial charge in [0.15, 0.2) is 0 Å². The minimum absolute atomic E-state index is 0.0388. The summed E-state index contributed by atoms with van der Waals surface area (Å²) in [6.45, 7) is 0.181. The summed E-state index contributed by atoms with van der Waals surface area (Å²) in [5.41, 5.74) is 1.56. The van der Waals surface area contributed by atoms with Gasteiger partial charge in [0, 0.05) is 17.0 Å². The van der Waals surface area contributed by atoms with E-state index in [4.69, 9.17) is 0 Å². The first kappa shape index (κ1) is 18.1. The van der Waals surface area contributed by atoms with Crippen LogP contribution in [0.1, 0.15) is 5.56 Å². The van der Waals surface area contributed by atoms with Crippen LogP contribution in [0.25, 0.3) is 20.7 Å². The van der Waals surface area contributed by atoms with Crippen LogP contribution < -0.4 is 10.6 Å². The van der Waals surface area contributed by atoms with E-state index in [0.717, 1.165) is 20.7 Å². The molecule has 0 saturated carbocycles. The Balaban J connectivity index is 1.44. The third-order valence-electron chi connectivity index (χ3n) is 4.24. The molecule has 0 atom stereocenters. The van der Waals surface area contributed by atoms with Gasteiger partial charge in [-0.2, -0.15) is 0 Å². The molecule has 0 spiro atoms. The minimum atomic E-state index is -0.333. The summed E-state index contributed by atoms with van der Waals surface area (Å²) >= 11 is 1.57. The van der Waals surface area contributed by atoms with Crippen LogP contribution in [0.5, 0.6) is 0 Å². The molecule has 0 radical (unpaired) electrons. The number of rotatable bonds is 6. The van der Waals surface area contributed by atoms with Crippen LogP contribution in [0, 0.1) is 5.82 Å². The molecule has 4 aromatic rings. The number of carbonyl (C=O) groups excluding carboxylic acids is 1. The molecule has 2 N–H and O–H groups in total. The second-order valence-corrected chi connectivity index (χ2v) is 7.17. The Morgan fingerprint density at radius 1 is 1.04 bits per heavy atom. The van der Waals surface area contributed by atoms with Gasteiger partial charge < -0.3 is 10.6 Å². The zero-order valence-corrected chi connectivity index (χ0v) is 15.7. The number of carbonyl (C=O) groups is 1. The number of halogens is 1. The van der Waals surface area contributed by atoms with Crippen molar-refractivity contribution in [2.24, 2.45) is 0 Å². The van der Waals surface area contributed by atoms with Gasteiger partial charge in [0.2, 0.25) is 5.91 Å². The van der Waals surface area contributed by atoms with Crippen LogP contribution in [-0.2, 0) is 11.3 Å². The second kappa shape index (κ2) is 8.14. The fourth-order valence-electron chi connectivity index (χ4n) is 2.80. The highest BCUT2D eigenvalue weighted by atomic mass is 32.1. The van der Waals surface area contributed by atoms with Gasteiger partial charge in [0.25, 0.3) is 0 Å². The minimum Gasteiger partial charge on any atom is -0.360 e. The number of amides is 1. The van der Waals surface area contributed by atoms with E-state index in [1.807, 2.05) is 36.4 Å². The molecular weight excluding hydrogens is 375 g/mol. The summed E-state index contributed by atoms with van der Waals surface area (Å²) in [4.78, 5) is 22.7. The molecule has 0 fully saturated rings. The fourth-order valence-corrected chi connectivity index (χ4v) is 3.81. The largest absolute Gasteiger partial charge is 0.360 e. The zero-order valence-electron chi connectivity index (χ0n) is 14.9. The van der Waals surface area contributed by atoms with Crippen LogP contribution in [0.4, 0.5) is 10.2 Å². The highest BCUT2D eigenvalue weighted by molar-refractivity contribution is 7.21. The molecule has 140 valence electrons. The van der Waals surface area contributed by atoms with Crippen molar-refractivity contribution in [3.8, 4) is 10.4 Å². The Morgan fingerprint density at radius 3 is 2.64 bits per heavy atom. The van der Waals surface area contributed by atoms with Crippen molar-refractivity contribution in [3.05, 3.63) is 78.4 Å². The second-order valence-electron chi connectivity index (χ2n) is 6.14. The Hall–Kier alpha value is -3.32. The summed E-state index contributed by atoms with van der Waals surface area (Å²) in [5, 5.41) is 6.63. The first-order chi connectivity index (χ1) is 13.7. The molecule has 4 rings (SSSR count). The van der Waals surface area contributed by atoms with E-state index in [1.54, 1.807) is 29.5 Å². The van der Waals surface area contributed by atoms with E-state index in [2.05, 4.69) is 20.6 Å². The molecule has 1 amide bonds. The average Bonchev–Trinajstić information content (AvgIpc) is 3.17. The molecule has 0 aliphatic rings. The van der Waals surface area contributed by atoms with Crippen molar-refractivity contribution in [2.75, 3.05) is 11.9 Å². The predicted octanol–water partition coefficient (Wildman–Crippen LogP) is 4.23. The van der Waals surface area contributed by atoms with E-state index in [-0.39, 0.29) is 24.8 Å². The Kier molecular flexibility index (Phi) is 5.25. The number of nitrogens with zero attached hydrogens (tertiary/aromatic N) is 2. The molecule has 2 aromatic heterocycles. The molecular formula is C21H17FN4OS. The van der Waals surface area contributed by atoms with E-state index < -0.39 is 0 Å². The normalized spacial score (nSPS) is 10.8. The van der Waals surface area contributed by atoms with Crippen molar-refractivity contribution in [3.63, 3.8) is 0 Å². The van der Waals surface area contributed by atoms with Gasteiger partial charge in [-0.25, -0.2) is 14.4 Å². The van der Waals surface area contributed by atoms with Crippen molar-refractivity contribution in [2.45, 2.75) is 6.54 Å². The smallest absolute Gasteiger partial charge is 0.239 e. The summed E-state index contributed by atoms with van der Waals surface area (Å²) in [6.07, 6.45) is 1.48. The number of thiophene rings is 1. The predicted molar refractivity (Wildman–Crippen MR) is 110 cm³/mol. The van der Waals surface area contributed by atoms with Gasteiger partial charge in [-0.1, -0.05) is 48.5 Å². The van der Waals surface area contributed by atoms with E-state index in [0.29, 0.717) is 11.4 Å². The lowest BCUT2D eigenvalue weighted by Crippen LogP contribution is -2.29. The van der Waals surface area contributed by atoms with Crippen molar-refractivity contribution in [1.82, 2.24) is 15.3 Å². The maximum absolute atomic E-state index is 13.6. The molecule has 2 aromatic carbocycles. The van der Waals surface area contributed by atoms with Crippen LogP contribution in [-0.4, -0.2) is 22.4 Å².